The van der Waals surface area contributed by atoms with Gasteiger partial charge in [0, 0.05) is 19.7 Å². The Morgan fingerprint density at radius 2 is 1.83 bits per heavy atom. The summed E-state index contributed by atoms with van der Waals surface area (Å²) in [4.78, 5) is 8.90. The van der Waals surface area contributed by atoms with E-state index in [0.29, 0.717) is 0 Å². The van der Waals surface area contributed by atoms with Crippen LogP contribution < -0.4 is 5.32 Å². The minimum Gasteiger partial charge on any atom is -0.372 e. The van der Waals surface area contributed by atoms with E-state index < -0.39 is 0 Å². The molecule has 0 saturated carbocycles. The number of halogens is 1. The normalized spacial score (nSPS) is 10.4. The topological polar surface area (TPSA) is 37.8 Å². The van der Waals surface area contributed by atoms with Crippen LogP contribution in [-0.4, -0.2) is 17.0 Å². The average Bonchev–Trinajstić information content (AvgIpc) is 2.30. The van der Waals surface area contributed by atoms with Crippen LogP contribution in [0, 0.1) is 17.4 Å². The monoisotopic (exact) mass is 353 g/mol. The summed E-state index contributed by atoms with van der Waals surface area (Å²) in [6.45, 7) is 4.23. The molecule has 4 heteroatoms. The Morgan fingerprint density at radius 3 is 2.44 bits per heavy atom. The third-order valence-corrected chi connectivity index (χ3v) is 3.46. The van der Waals surface area contributed by atoms with Crippen LogP contribution in [0.2, 0.25) is 0 Å². The number of anilines is 1. The summed E-state index contributed by atoms with van der Waals surface area (Å²) in [6.07, 6.45) is 2.63. The van der Waals surface area contributed by atoms with Crippen molar-refractivity contribution in [2.45, 2.75) is 20.3 Å². The van der Waals surface area contributed by atoms with Crippen molar-refractivity contribution in [1.29, 1.82) is 0 Å². The molecule has 18 heavy (non-hydrogen) atoms. The maximum atomic E-state index is 4.52. The Hall–Kier alpha value is -1.17. The van der Waals surface area contributed by atoms with Crippen molar-refractivity contribution in [2.24, 2.45) is 0 Å². The highest BCUT2D eigenvalue weighted by Gasteiger charge is 2.05. The van der Waals surface area contributed by atoms with Gasteiger partial charge in [0.2, 0.25) is 0 Å². The first kappa shape index (κ1) is 13.3. The molecule has 0 atom stereocenters. The largest absolute Gasteiger partial charge is 0.372 e. The summed E-state index contributed by atoms with van der Waals surface area (Å²) in [5.41, 5.74) is 3.82. The van der Waals surface area contributed by atoms with Crippen molar-refractivity contribution in [1.82, 2.24) is 9.97 Å². The van der Waals surface area contributed by atoms with Crippen LogP contribution in [0.4, 0.5) is 5.82 Å². The molecule has 0 aliphatic rings. The van der Waals surface area contributed by atoms with Crippen LogP contribution >= 0.6 is 22.6 Å². The van der Waals surface area contributed by atoms with Crippen LogP contribution in [-0.2, 0) is 6.42 Å². The number of nitrogens with zero attached hydrogens (tertiary/aromatic N) is 2. The number of nitrogens with one attached hydrogen (secondary N) is 1. The van der Waals surface area contributed by atoms with E-state index in [1.54, 1.807) is 0 Å². The third kappa shape index (κ3) is 3.19. The summed E-state index contributed by atoms with van der Waals surface area (Å²) < 4.78 is 1.04. The van der Waals surface area contributed by atoms with Gasteiger partial charge in [0.1, 0.15) is 11.6 Å². The van der Waals surface area contributed by atoms with Gasteiger partial charge in [-0.05, 0) is 42.0 Å². The molecule has 0 unspecified atom stereocenters. The number of hydrogen-bond donors (Lipinski definition) is 1. The molecular formula is C14H16IN3. The lowest BCUT2D eigenvalue weighted by Crippen LogP contribution is -2.03. The number of benzene rings is 1. The highest BCUT2D eigenvalue weighted by Crippen LogP contribution is 2.16. The van der Waals surface area contributed by atoms with E-state index in [9.17, 15) is 0 Å². The lowest BCUT2D eigenvalue weighted by molar-refractivity contribution is 0.960. The SMILES string of the molecule is CNc1nc(Cc2cc(C)cc(C)c2)ncc1I. The van der Waals surface area contributed by atoms with Gasteiger partial charge < -0.3 is 5.32 Å². The van der Waals surface area contributed by atoms with Crippen LogP contribution in [0.1, 0.15) is 22.5 Å². The van der Waals surface area contributed by atoms with Gasteiger partial charge in [-0.1, -0.05) is 29.3 Å². The van der Waals surface area contributed by atoms with Gasteiger partial charge in [-0.2, -0.15) is 0 Å². The molecule has 0 aliphatic carbocycles. The Balaban J connectivity index is 2.28. The van der Waals surface area contributed by atoms with E-state index >= 15 is 0 Å². The zero-order chi connectivity index (χ0) is 13.1. The molecule has 1 N–H and O–H groups in total. The minimum atomic E-state index is 0.772. The van der Waals surface area contributed by atoms with Crippen LogP contribution in [0.5, 0.6) is 0 Å². The highest BCUT2D eigenvalue weighted by molar-refractivity contribution is 14.1. The van der Waals surface area contributed by atoms with Crippen LogP contribution in [0.25, 0.3) is 0 Å². The molecule has 3 nitrogen and oxygen atoms in total. The number of aromatic nitrogens is 2. The molecule has 1 heterocycles. The van der Waals surface area contributed by atoms with Crippen molar-refractivity contribution in [2.75, 3.05) is 12.4 Å². The lowest BCUT2D eigenvalue weighted by Gasteiger charge is -2.07. The van der Waals surface area contributed by atoms with Gasteiger partial charge in [0.15, 0.2) is 0 Å². The smallest absolute Gasteiger partial charge is 0.142 e. The fourth-order valence-corrected chi connectivity index (χ4v) is 2.55. The van der Waals surface area contributed by atoms with Crippen LogP contribution in [0.3, 0.4) is 0 Å². The van der Waals surface area contributed by atoms with E-state index in [0.717, 1.165) is 21.6 Å². The van der Waals surface area contributed by atoms with Gasteiger partial charge in [-0.25, -0.2) is 9.97 Å². The first-order chi connectivity index (χ1) is 8.58. The second-order valence-electron chi connectivity index (χ2n) is 4.41. The molecule has 0 aliphatic heterocycles. The minimum absolute atomic E-state index is 0.772. The summed E-state index contributed by atoms with van der Waals surface area (Å²) in [7, 11) is 1.88. The fraction of sp³-hybridized carbons (Fsp3) is 0.286. The number of rotatable bonds is 3. The van der Waals surface area contributed by atoms with Gasteiger partial charge in [0.05, 0.1) is 3.57 Å². The molecule has 1 aromatic heterocycles. The Labute approximate surface area is 121 Å². The molecule has 0 spiro atoms. The maximum absolute atomic E-state index is 4.52. The number of hydrogen-bond acceptors (Lipinski definition) is 3. The molecular weight excluding hydrogens is 337 g/mol. The third-order valence-electron chi connectivity index (χ3n) is 2.67. The lowest BCUT2D eigenvalue weighted by atomic mass is 10.0. The van der Waals surface area contributed by atoms with Gasteiger partial charge in [-0.15, -0.1) is 0 Å². The van der Waals surface area contributed by atoms with E-state index in [-0.39, 0.29) is 0 Å². The van der Waals surface area contributed by atoms with Crippen molar-refractivity contribution in [3.05, 3.63) is 50.5 Å². The summed E-state index contributed by atoms with van der Waals surface area (Å²) in [6, 6.07) is 6.55. The fourth-order valence-electron chi connectivity index (χ4n) is 2.02. The standard InChI is InChI=1S/C14H16IN3/c1-9-4-10(2)6-11(5-9)7-13-17-8-12(15)14(16-3)18-13/h4-6,8H,7H2,1-3H3,(H,16,17,18). The first-order valence-corrected chi connectivity index (χ1v) is 6.92. The quantitative estimate of drug-likeness (QED) is 0.861. The highest BCUT2D eigenvalue weighted by atomic mass is 127. The van der Waals surface area contributed by atoms with E-state index in [4.69, 9.17) is 0 Å². The molecule has 2 aromatic rings. The molecule has 0 radical (unpaired) electrons. The first-order valence-electron chi connectivity index (χ1n) is 5.85. The molecule has 0 saturated heterocycles. The summed E-state index contributed by atoms with van der Waals surface area (Å²) in [5.74, 6) is 1.75. The molecule has 0 bridgehead atoms. The molecule has 94 valence electrons. The van der Waals surface area contributed by atoms with E-state index in [1.165, 1.54) is 16.7 Å². The molecule has 0 fully saturated rings. The van der Waals surface area contributed by atoms with Crippen molar-refractivity contribution >= 4 is 28.4 Å². The molecule has 0 amide bonds. The van der Waals surface area contributed by atoms with Crippen molar-refractivity contribution in [3.63, 3.8) is 0 Å². The second kappa shape index (κ2) is 5.65. The Kier molecular flexibility index (Phi) is 4.16. The predicted molar refractivity (Wildman–Crippen MR) is 83.0 cm³/mol. The molecule has 1 aromatic carbocycles. The average molecular weight is 353 g/mol. The summed E-state index contributed by atoms with van der Waals surface area (Å²) in [5, 5.41) is 3.09. The van der Waals surface area contributed by atoms with Crippen molar-refractivity contribution in [3.8, 4) is 0 Å². The van der Waals surface area contributed by atoms with Gasteiger partial charge >= 0.3 is 0 Å². The Bertz CT molecular complexity index is 547. The number of aryl methyl sites for hydroxylation is 2. The second-order valence-corrected chi connectivity index (χ2v) is 5.57. The van der Waals surface area contributed by atoms with E-state index in [2.05, 4.69) is 69.9 Å². The van der Waals surface area contributed by atoms with Gasteiger partial charge in [0.25, 0.3) is 0 Å². The zero-order valence-electron chi connectivity index (χ0n) is 10.8. The Morgan fingerprint density at radius 1 is 1.17 bits per heavy atom. The summed E-state index contributed by atoms with van der Waals surface area (Å²) >= 11 is 2.23. The van der Waals surface area contributed by atoms with Crippen LogP contribution in [0.15, 0.2) is 24.4 Å². The maximum Gasteiger partial charge on any atom is 0.142 e. The zero-order valence-corrected chi connectivity index (χ0v) is 12.9. The van der Waals surface area contributed by atoms with Crippen molar-refractivity contribution < 1.29 is 0 Å². The predicted octanol–water partition coefficient (Wildman–Crippen LogP) is 3.33. The van der Waals surface area contributed by atoms with E-state index in [1.807, 2.05) is 13.2 Å². The van der Waals surface area contributed by atoms with Gasteiger partial charge in [-0.3, -0.25) is 0 Å². The molecule has 2 rings (SSSR count).